The van der Waals surface area contributed by atoms with Gasteiger partial charge in [-0.25, -0.2) is 4.79 Å². The van der Waals surface area contributed by atoms with Crippen molar-refractivity contribution in [3.05, 3.63) is 33.1 Å². The van der Waals surface area contributed by atoms with Crippen molar-refractivity contribution in [1.29, 1.82) is 0 Å². The van der Waals surface area contributed by atoms with Crippen LogP contribution in [0, 0.1) is 0 Å². The Kier molecular flexibility index (Phi) is 7.88. The zero-order valence-corrected chi connectivity index (χ0v) is 15.4. The van der Waals surface area contributed by atoms with Crippen molar-refractivity contribution in [2.45, 2.75) is 6.54 Å². The molecule has 0 aliphatic heterocycles. The number of hydrogen-bond donors (Lipinski definition) is 2. The molecule has 0 aliphatic rings. The maximum atomic E-state index is 12.1. The molecular formula is C15H24ClN5O4. The summed E-state index contributed by atoms with van der Waals surface area (Å²) in [7, 11) is 4.65. The number of fused-ring (bicyclic) bond motifs is 1. The van der Waals surface area contributed by atoms with Gasteiger partial charge in [0, 0.05) is 47.0 Å². The van der Waals surface area contributed by atoms with Gasteiger partial charge in [0.15, 0.2) is 0 Å². The van der Waals surface area contributed by atoms with Crippen molar-refractivity contribution < 1.29 is 9.53 Å². The molecule has 0 radical (unpaired) electrons. The highest BCUT2D eigenvalue weighted by atomic mass is 35.5. The minimum Gasteiger partial charge on any atom is -0.383 e. The van der Waals surface area contributed by atoms with Crippen LogP contribution in [0.3, 0.4) is 0 Å². The number of halogens is 1. The molecular weight excluding hydrogens is 350 g/mol. The topological polar surface area (TPSA) is 99.3 Å². The fourth-order valence-electron chi connectivity index (χ4n) is 2.52. The monoisotopic (exact) mass is 373 g/mol. The zero-order valence-electron chi connectivity index (χ0n) is 14.6. The number of carbonyl (C=O) groups excluding carboxylic acids is 1. The molecule has 10 heteroatoms. The van der Waals surface area contributed by atoms with E-state index in [1.165, 1.54) is 11.6 Å². The first kappa shape index (κ1) is 20.9. The molecule has 2 N–H and O–H groups in total. The molecule has 0 unspecified atom stereocenters. The van der Waals surface area contributed by atoms with Crippen LogP contribution >= 0.6 is 12.4 Å². The van der Waals surface area contributed by atoms with E-state index < -0.39 is 5.69 Å². The zero-order chi connectivity index (χ0) is 17.7. The fraction of sp³-hybridized carbons (Fsp3) is 0.533. The molecule has 2 heterocycles. The van der Waals surface area contributed by atoms with Crippen LogP contribution < -0.4 is 21.9 Å². The maximum absolute atomic E-state index is 12.1. The van der Waals surface area contributed by atoms with Crippen molar-refractivity contribution in [1.82, 2.24) is 24.3 Å². The van der Waals surface area contributed by atoms with Crippen LogP contribution in [0.15, 0.2) is 21.9 Å². The Labute approximate surface area is 151 Å². The number of nitrogens with one attached hydrogen (secondary N) is 2. The lowest BCUT2D eigenvalue weighted by atomic mass is 10.4. The molecule has 0 spiro atoms. The molecule has 0 saturated heterocycles. The van der Waals surface area contributed by atoms with Crippen LogP contribution in [0.1, 0.15) is 0 Å². The average Bonchev–Trinajstić information content (AvgIpc) is 2.97. The Morgan fingerprint density at radius 3 is 2.56 bits per heavy atom. The third kappa shape index (κ3) is 4.71. The van der Waals surface area contributed by atoms with Gasteiger partial charge in [-0.05, 0) is 6.07 Å². The molecule has 0 atom stereocenters. The summed E-state index contributed by atoms with van der Waals surface area (Å²) in [5.74, 6) is -0.186. The lowest BCUT2D eigenvalue weighted by Gasteiger charge is -2.10. The van der Waals surface area contributed by atoms with E-state index in [9.17, 15) is 14.4 Å². The minimum absolute atomic E-state index is 0. The molecule has 2 aromatic heterocycles. The van der Waals surface area contributed by atoms with Crippen LogP contribution in [-0.4, -0.2) is 53.0 Å². The second-order valence-corrected chi connectivity index (χ2v) is 5.48. The summed E-state index contributed by atoms with van der Waals surface area (Å²) in [5, 5.41) is 6.32. The molecule has 2 aromatic rings. The number of aryl methyl sites for hydroxylation is 1. The van der Waals surface area contributed by atoms with E-state index in [-0.39, 0.29) is 30.4 Å². The number of ether oxygens (including phenoxy) is 1. The smallest absolute Gasteiger partial charge is 0.332 e. The molecule has 2 rings (SSSR count). The molecule has 0 fully saturated rings. The summed E-state index contributed by atoms with van der Waals surface area (Å²) in [5.41, 5.74) is -0.346. The number of rotatable bonds is 8. The highest BCUT2D eigenvalue weighted by Gasteiger charge is 2.14. The van der Waals surface area contributed by atoms with Crippen molar-refractivity contribution in [3.8, 4) is 0 Å². The second kappa shape index (κ2) is 9.40. The van der Waals surface area contributed by atoms with Gasteiger partial charge in [-0.1, -0.05) is 0 Å². The Hall–Kier alpha value is -2.10. The lowest BCUT2D eigenvalue weighted by molar-refractivity contribution is -0.121. The second-order valence-electron chi connectivity index (χ2n) is 5.48. The predicted molar refractivity (Wildman–Crippen MR) is 97.4 cm³/mol. The lowest BCUT2D eigenvalue weighted by Crippen LogP contribution is -2.38. The van der Waals surface area contributed by atoms with Crippen molar-refractivity contribution in [2.24, 2.45) is 14.1 Å². The molecule has 9 nitrogen and oxygen atoms in total. The first-order chi connectivity index (χ1) is 11.5. The molecule has 140 valence electrons. The van der Waals surface area contributed by atoms with E-state index in [4.69, 9.17) is 4.74 Å². The summed E-state index contributed by atoms with van der Waals surface area (Å²) in [4.78, 5) is 36.2. The number of methoxy groups -OCH3 is 1. The maximum Gasteiger partial charge on any atom is 0.332 e. The van der Waals surface area contributed by atoms with Crippen molar-refractivity contribution in [3.63, 3.8) is 0 Å². The van der Waals surface area contributed by atoms with Crippen LogP contribution in [0.4, 0.5) is 0 Å². The van der Waals surface area contributed by atoms with Crippen LogP contribution in [0.2, 0.25) is 0 Å². The highest BCUT2D eigenvalue weighted by Crippen LogP contribution is 2.09. The first-order valence-corrected chi connectivity index (χ1v) is 7.68. The summed E-state index contributed by atoms with van der Waals surface area (Å²) in [6, 6.07) is 1.62. The summed E-state index contributed by atoms with van der Waals surface area (Å²) in [6.45, 7) is 2.51. The van der Waals surface area contributed by atoms with Gasteiger partial charge in [0.1, 0.15) is 12.2 Å². The van der Waals surface area contributed by atoms with Gasteiger partial charge in [0.2, 0.25) is 5.91 Å². The van der Waals surface area contributed by atoms with Gasteiger partial charge in [0.05, 0.1) is 12.0 Å². The Bertz CT molecular complexity index is 839. The number of amides is 1. The summed E-state index contributed by atoms with van der Waals surface area (Å²) in [6.07, 6.45) is 1.64. The van der Waals surface area contributed by atoms with E-state index in [0.717, 1.165) is 11.1 Å². The third-order valence-electron chi connectivity index (χ3n) is 3.78. The van der Waals surface area contributed by atoms with E-state index in [2.05, 4.69) is 10.6 Å². The normalized spacial score (nSPS) is 10.7. The minimum atomic E-state index is -0.421. The predicted octanol–water partition coefficient (Wildman–Crippen LogP) is -1.19. The number of aromatic nitrogens is 3. The molecule has 25 heavy (non-hydrogen) atoms. The molecule has 1 amide bonds. The van der Waals surface area contributed by atoms with Gasteiger partial charge in [-0.3, -0.25) is 18.7 Å². The standard InChI is InChI=1S/C15H23N5O4.ClH/c1-18-13-11(14(22)19(2)15(18)23)4-8-20(13)10-12(21)17-6-5-16-7-9-24-3;/h4,8,16H,5-7,9-10H2,1-3H3,(H,17,21);1H. The molecule has 0 bridgehead atoms. The summed E-state index contributed by atoms with van der Waals surface area (Å²) < 4.78 is 8.94. The van der Waals surface area contributed by atoms with E-state index >= 15 is 0 Å². The molecule has 0 aliphatic carbocycles. The number of hydrogen-bond acceptors (Lipinski definition) is 5. The fourth-order valence-corrected chi connectivity index (χ4v) is 2.52. The van der Waals surface area contributed by atoms with Gasteiger partial charge in [0.25, 0.3) is 5.56 Å². The van der Waals surface area contributed by atoms with Gasteiger partial charge >= 0.3 is 5.69 Å². The van der Waals surface area contributed by atoms with E-state index in [1.54, 1.807) is 31.0 Å². The van der Waals surface area contributed by atoms with E-state index in [0.29, 0.717) is 30.7 Å². The molecule has 0 saturated carbocycles. The van der Waals surface area contributed by atoms with Crippen LogP contribution in [0.5, 0.6) is 0 Å². The van der Waals surface area contributed by atoms with Crippen LogP contribution in [-0.2, 0) is 30.2 Å². The van der Waals surface area contributed by atoms with Gasteiger partial charge in [-0.2, -0.15) is 0 Å². The Morgan fingerprint density at radius 2 is 1.88 bits per heavy atom. The number of nitrogens with zero attached hydrogens (tertiary/aromatic N) is 3. The Balaban J connectivity index is 0.00000312. The quantitative estimate of drug-likeness (QED) is 0.567. The first-order valence-electron chi connectivity index (χ1n) is 7.68. The molecule has 0 aromatic carbocycles. The van der Waals surface area contributed by atoms with Crippen LogP contribution in [0.25, 0.3) is 11.0 Å². The van der Waals surface area contributed by atoms with Crippen molar-refractivity contribution >= 4 is 29.3 Å². The van der Waals surface area contributed by atoms with Crippen molar-refractivity contribution in [2.75, 3.05) is 33.4 Å². The third-order valence-corrected chi connectivity index (χ3v) is 3.78. The van der Waals surface area contributed by atoms with E-state index in [1.807, 2.05) is 0 Å². The number of carbonyl (C=O) groups is 1. The van der Waals surface area contributed by atoms with Gasteiger partial charge in [-0.15, -0.1) is 12.4 Å². The SMILES string of the molecule is COCCNCCNC(=O)Cn1ccc2c(=O)n(C)c(=O)n(C)c21.Cl. The summed E-state index contributed by atoms with van der Waals surface area (Å²) >= 11 is 0. The van der Waals surface area contributed by atoms with Gasteiger partial charge < -0.3 is 19.9 Å². The highest BCUT2D eigenvalue weighted by molar-refractivity contribution is 5.85. The largest absolute Gasteiger partial charge is 0.383 e. The Morgan fingerprint density at radius 1 is 1.16 bits per heavy atom. The average molecular weight is 374 g/mol.